The number of amides is 3. The summed E-state index contributed by atoms with van der Waals surface area (Å²) in [5.41, 5.74) is 21.9. The van der Waals surface area contributed by atoms with Gasteiger partial charge in [0.05, 0.1) is 6.04 Å². The Morgan fingerprint density at radius 1 is 0.914 bits per heavy atom. The Hall–Kier alpha value is -2.23. The highest BCUT2D eigenvalue weighted by atomic mass is 32.2. The van der Waals surface area contributed by atoms with Gasteiger partial charge in [-0.15, -0.1) is 0 Å². The standard InChI is InChI=1S/C20H40N8O5S2/c1-35-10-7-15(19(32)33)28-18(31)13(5-2-3-8-21)27-17(30)14(6-4-9-25-20(23)24)26-16(29)12(22)11-34/h12-15,34H,2-11,21-22H2,1H3,(H,26,29)(H,27,30)(H,28,31)(H,32,33)(H4,23,24,25). The van der Waals surface area contributed by atoms with Gasteiger partial charge < -0.3 is 44.0 Å². The van der Waals surface area contributed by atoms with Gasteiger partial charge in [-0.2, -0.15) is 24.4 Å². The van der Waals surface area contributed by atoms with Crippen molar-refractivity contribution in [1.29, 1.82) is 0 Å². The Kier molecular flexibility index (Phi) is 17.8. The van der Waals surface area contributed by atoms with Crippen LogP contribution >= 0.6 is 24.4 Å². The van der Waals surface area contributed by atoms with Gasteiger partial charge in [0.2, 0.25) is 17.7 Å². The number of thiol groups is 1. The topological polar surface area (TPSA) is 241 Å². The molecule has 0 aromatic carbocycles. The van der Waals surface area contributed by atoms with E-state index in [1.54, 1.807) is 0 Å². The fourth-order valence-corrected chi connectivity index (χ4v) is 3.57. The van der Waals surface area contributed by atoms with E-state index in [1.165, 1.54) is 11.8 Å². The van der Waals surface area contributed by atoms with Crippen molar-refractivity contribution in [3.05, 3.63) is 0 Å². The number of thioether (sulfide) groups is 1. The summed E-state index contributed by atoms with van der Waals surface area (Å²) in [6.45, 7) is 0.635. The minimum Gasteiger partial charge on any atom is -0.480 e. The molecule has 4 atom stereocenters. The molecule has 0 spiro atoms. The summed E-state index contributed by atoms with van der Waals surface area (Å²) in [6, 6.07) is -4.05. The Bertz CT molecular complexity index is 709. The number of aliphatic imine (C=N–C) groups is 1. The van der Waals surface area contributed by atoms with Gasteiger partial charge in [0.25, 0.3) is 0 Å². The third-order valence-corrected chi connectivity index (χ3v) is 5.95. The number of carboxylic acid groups (broad SMARTS) is 1. The lowest BCUT2D eigenvalue weighted by molar-refractivity contribution is -0.142. The highest BCUT2D eigenvalue weighted by Gasteiger charge is 2.29. The first-order valence-electron chi connectivity index (χ1n) is 11.3. The second-order valence-electron chi connectivity index (χ2n) is 7.83. The SMILES string of the molecule is CSCCC(NC(=O)C(CCCCN)NC(=O)C(CCCN=C(N)N)NC(=O)C(N)CS)C(=O)O. The number of nitrogens with two attached hydrogens (primary N) is 4. The van der Waals surface area contributed by atoms with Crippen LogP contribution in [0.5, 0.6) is 0 Å². The van der Waals surface area contributed by atoms with E-state index in [0.29, 0.717) is 31.6 Å². The largest absolute Gasteiger partial charge is 0.480 e. The van der Waals surface area contributed by atoms with Crippen molar-refractivity contribution in [2.45, 2.75) is 62.7 Å². The van der Waals surface area contributed by atoms with Crippen molar-refractivity contribution in [1.82, 2.24) is 16.0 Å². The van der Waals surface area contributed by atoms with Gasteiger partial charge in [-0.1, -0.05) is 0 Å². The van der Waals surface area contributed by atoms with Crippen LogP contribution in [0.2, 0.25) is 0 Å². The molecule has 0 rings (SSSR count). The van der Waals surface area contributed by atoms with E-state index in [2.05, 4.69) is 33.6 Å². The summed E-state index contributed by atoms with van der Waals surface area (Å²) < 4.78 is 0. The Morgan fingerprint density at radius 3 is 1.94 bits per heavy atom. The number of nitrogens with zero attached hydrogens (tertiary/aromatic N) is 1. The van der Waals surface area contributed by atoms with Gasteiger partial charge in [-0.05, 0) is 57.1 Å². The molecule has 12 N–H and O–H groups in total. The molecule has 0 aliphatic heterocycles. The van der Waals surface area contributed by atoms with E-state index in [-0.39, 0.29) is 37.5 Å². The minimum atomic E-state index is -1.16. The van der Waals surface area contributed by atoms with Crippen molar-refractivity contribution >= 4 is 54.0 Å². The van der Waals surface area contributed by atoms with Crippen LogP contribution in [0, 0.1) is 0 Å². The average Bonchev–Trinajstić information content (AvgIpc) is 2.81. The molecule has 0 fully saturated rings. The van der Waals surface area contributed by atoms with Crippen molar-refractivity contribution in [3.63, 3.8) is 0 Å². The number of rotatable bonds is 19. The molecule has 0 radical (unpaired) electrons. The van der Waals surface area contributed by atoms with Crippen LogP contribution in [-0.4, -0.2) is 89.8 Å². The number of nitrogens with one attached hydrogen (secondary N) is 3. The van der Waals surface area contributed by atoms with E-state index in [0.717, 1.165) is 0 Å². The molecule has 0 heterocycles. The second-order valence-corrected chi connectivity index (χ2v) is 9.18. The quantitative estimate of drug-likeness (QED) is 0.0370. The first-order chi connectivity index (χ1) is 16.6. The molecule has 0 aliphatic rings. The molecule has 4 unspecified atom stereocenters. The van der Waals surface area contributed by atoms with E-state index in [1.807, 2.05) is 6.26 Å². The zero-order chi connectivity index (χ0) is 26.8. The number of aliphatic carboxylic acids is 1. The van der Waals surface area contributed by atoms with Crippen LogP contribution < -0.4 is 38.9 Å². The lowest BCUT2D eigenvalue weighted by Crippen LogP contribution is -2.57. The maximum Gasteiger partial charge on any atom is 0.326 e. The molecule has 0 bridgehead atoms. The molecule has 13 nitrogen and oxygen atoms in total. The summed E-state index contributed by atoms with van der Waals surface area (Å²) in [5, 5.41) is 17.1. The minimum absolute atomic E-state index is 0.0743. The molecular weight excluding hydrogens is 496 g/mol. The molecule has 0 saturated carbocycles. The van der Waals surface area contributed by atoms with Gasteiger partial charge in [0.15, 0.2) is 5.96 Å². The highest BCUT2D eigenvalue weighted by Crippen LogP contribution is 2.07. The predicted octanol–water partition coefficient (Wildman–Crippen LogP) is -2.28. The molecule has 0 aromatic rings. The Balaban J connectivity index is 5.51. The van der Waals surface area contributed by atoms with Crippen LogP contribution in [0.4, 0.5) is 0 Å². The Labute approximate surface area is 215 Å². The maximum atomic E-state index is 13.1. The number of hydrogen-bond acceptors (Lipinski definition) is 9. The average molecular weight is 537 g/mol. The normalized spacial score (nSPS) is 14.2. The number of carbonyl (C=O) groups is 4. The fourth-order valence-electron chi connectivity index (χ4n) is 2.93. The summed E-state index contributed by atoms with van der Waals surface area (Å²) >= 11 is 5.45. The lowest BCUT2D eigenvalue weighted by Gasteiger charge is -2.25. The summed E-state index contributed by atoms with van der Waals surface area (Å²) in [7, 11) is 0. The van der Waals surface area contributed by atoms with Crippen molar-refractivity contribution in [2.75, 3.05) is 30.9 Å². The molecule has 35 heavy (non-hydrogen) atoms. The third-order valence-electron chi connectivity index (χ3n) is 4.92. The number of hydrogen-bond donors (Lipinski definition) is 9. The van der Waals surface area contributed by atoms with Crippen molar-refractivity contribution in [3.8, 4) is 0 Å². The van der Waals surface area contributed by atoms with Gasteiger partial charge in [-0.3, -0.25) is 19.4 Å². The first kappa shape index (κ1) is 32.8. The van der Waals surface area contributed by atoms with Gasteiger partial charge in [-0.25, -0.2) is 4.79 Å². The number of carboxylic acids is 1. The summed E-state index contributed by atoms with van der Waals surface area (Å²) in [5.74, 6) is -2.46. The zero-order valence-electron chi connectivity index (χ0n) is 20.1. The number of carbonyl (C=O) groups excluding carboxylic acids is 3. The number of unbranched alkanes of at least 4 members (excludes halogenated alkanes) is 1. The van der Waals surface area contributed by atoms with E-state index >= 15 is 0 Å². The molecular formula is C20H40N8O5S2. The lowest BCUT2D eigenvalue weighted by atomic mass is 10.1. The van der Waals surface area contributed by atoms with E-state index in [9.17, 15) is 24.3 Å². The molecule has 3 amide bonds. The van der Waals surface area contributed by atoms with Crippen LogP contribution in [0.25, 0.3) is 0 Å². The van der Waals surface area contributed by atoms with Gasteiger partial charge in [0.1, 0.15) is 18.1 Å². The second kappa shape index (κ2) is 19.0. The smallest absolute Gasteiger partial charge is 0.326 e. The predicted molar refractivity (Wildman–Crippen MR) is 141 cm³/mol. The molecule has 0 aromatic heterocycles. The highest BCUT2D eigenvalue weighted by molar-refractivity contribution is 7.98. The van der Waals surface area contributed by atoms with Crippen LogP contribution in [0.3, 0.4) is 0 Å². The van der Waals surface area contributed by atoms with Crippen LogP contribution in [-0.2, 0) is 19.2 Å². The maximum absolute atomic E-state index is 13.1. The molecule has 0 saturated heterocycles. The van der Waals surface area contributed by atoms with Crippen molar-refractivity contribution < 1.29 is 24.3 Å². The van der Waals surface area contributed by atoms with Gasteiger partial charge >= 0.3 is 5.97 Å². The van der Waals surface area contributed by atoms with E-state index in [4.69, 9.17) is 22.9 Å². The molecule has 202 valence electrons. The molecule has 15 heteroatoms. The molecule has 0 aliphatic carbocycles. The monoisotopic (exact) mass is 536 g/mol. The summed E-state index contributed by atoms with van der Waals surface area (Å²) in [6.07, 6.45) is 4.00. The van der Waals surface area contributed by atoms with Crippen LogP contribution in [0.1, 0.15) is 38.5 Å². The fraction of sp³-hybridized carbons (Fsp3) is 0.750. The summed E-state index contributed by atoms with van der Waals surface area (Å²) in [4.78, 5) is 53.6. The third kappa shape index (κ3) is 14.7. The van der Waals surface area contributed by atoms with Crippen LogP contribution in [0.15, 0.2) is 4.99 Å². The zero-order valence-corrected chi connectivity index (χ0v) is 21.8. The first-order valence-corrected chi connectivity index (χ1v) is 13.3. The van der Waals surface area contributed by atoms with Crippen molar-refractivity contribution in [2.24, 2.45) is 27.9 Å². The number of guanidine groups is 1. The van der Waals surface area contributed by atoms with E-state index < -0.39 is 47.9 Å². The van der Waals surface area contributed by atoms with Gasteiger partial charge in [0, 0.05) is 12.3 Å². The Morgan fingerprint density at radius 2 is 1.46 bits per heavy atom.